The molecule has 0 bridgehead atoms. The molecule has 53 heavy (non-hydrogen) atoms. The summed E-state index contributed by atoms with van der Waals surface area (Å²) in [6.45, 7) is 2.94. The molecule has 1 unspecified atom stereocenters. The van der Waals surface area contributed by atoms with E-state index in [0.29, 0.717) is 29.7 Å². The van der Waals surface area contributed by atoms with Gasteiger partial charge in [-0.25, -0.2) is 8.42 Å². The van der Waals surface area contributed by atoms with E-state index in [1.165, 1.54) is 24.1 Å². The lowest BCUT2D eigenvalue weighted by Gasteiger charge is -2.19. The number of unbranched alkanes of at least 4 members (excludes halogenated alkanes) is 1. The van der Waals surface area contributed by atoms with Crippen LogP contribution in [0.1, 0.15) is 85.9 Å². The predicted octanol–water partition coefficient (Wildman–Crippen LogP) is 1.68. The number of nitrogens with zero attached hydrogens (tertiary/aromatic N) is 1. The second-order valence-electron chi connectivity index (χ2n) is 13.3. The fraction of sp³-hybridized carbons (Fsp3) is 0.571. The van der Waals surface area contributed by atoms with Gasteiger partial charge in [0.1, 0.15) is 11.8 Å². The molecule has 0 saturated heterocycles. The van der Waals surface area contributed by atoms with Crippen LogP contribution in [0.2, 0.25) is 0 Å². The van der Waals surface area contributed by atoms with E-state index in [1.807, 2.05) is 6.07 Å². The molecule has 0 spiro atoms. The molecule has 1 aromatic heterocycles. The van der Waals surface area contributed by atoms with E-state index in [1.54, 1.807) is 13.8 Å². The van der Waals surface area contributed by atoms with Crippen LogP contribution < -0.4 is 25.8 Å². The highest BCUT2D eigenvalue weighted by molar-refractivity contribution is 7.89. The van der Waals surface area contributed by atoms with E-state index in [4.69, 9.17) is 20.0 Å². The number of nitrogens with one attached hydrogen (secondary N) is 3. The number of carboxylic acid groups (broad SMARTS) is 1. The van der Waals surface area contributed by atoms with Crippen LogP contribution >= 0.6 is 0 Å². The van der Waals surface area contributed by atoms with E-state index < -0.39 is 56.3 Å². The largest absolute Gasteiger partial charge is 0.494 e. The monoisotopic (exact) mass is 781 g/mol. The molecule has 1 aliphatic carbocycles. The van der Waals surface area contributed by atoms with Crippen molar-refractivity contribution in [1.29, 1.82) is 0 Å². The Balaban J connectivity index is 1.39. The number of aryl methyl sites for hydroxylation is 5. The number of pyridine rings is 1. The highest BCUT2D eigenvalue weighted by atomic mass is 32.2. The lowest BCUT2D eigenvalue weighted by Crippen LogP contribution is -2.48. The van der Waals surface area contributed by atoms with Gasteiger partial charge in [-0.3, -0.25) is 28.7 Å². The number of hydrogen-bond acceptors (Lipinski definition) is 11. The summed E-state index contributed by atoms with van der Waals surface area (Å²) in [4.78, 5) is 53.0. The molecule has 0 fully saturated rings. The number of carboxylic acids is 1. The van der Waals surface area contributed by atoms with Gasteiger partial charge in [0, 0.05) is 43.7 Å². The zero-order valence-corrected chi connectivity index (χ0v) is 31.8. The van der Waals surface area contributed by atoms with Crippen LogP contribution in [0.15, 0.2) is 29.2 Å². The van der Waals surface area contributed by atoms with Crippen molar-refractivity contribution in [2.75, 3.05) is 25.4 Å². The smallest absolute Gasteiger partial charge is 0.323 e. The van der Waals surface area contributed by atoms with E-state index in [9.17, 15) is 41.1 Å². The molecule has 294 valence electrons. The maximum absolute atomic E-state index is 13.3. The maximum Gasteiger partial charge on any atom is 0.323 e. The zero-order chi connectivity index (χ0) is 39.2. The van der Waals surface area contributed by atoms with Crippen molar-refractivity contribution >= 4 is 43.7 Å². The second-order valence-corrected chi connectivity index (χ2v) is 16.4. The Morgan fingerprint density at radius 1 is 0.906 bits per heavy atom. The lowest BCUT2D eigenvalue weighted by atomic mass is 9.95. The third-order valence-corrected chi connectivity index (χ3v) is 11.2. The molecule has 18 heteroatoms. The first-order valence-corrected chi connectivity index (χ1v) is 20.8. The third-order valence-electron chi connectivity index (χ3n) is 8.67. The second kappa shape index (κ2) is 20.5. The molecule has 0 radical (unpaired) electrons. The van der Waals surface area contributed by atoms with Gasteiger partial charge in [0.25, 0.3) is 10.1 Å². The van der Waals surface area contributed by atoms with Gasteiger partial charge >= 0.3 is 5.97 Å². The summed E-state index contributed by atoms with van der Waals surface area (Å²) in [5.41, 5.74) is 9.52. The first-order valence-electron chi connectivity index (χ1n) is 17.7. The lowest BCUT2D eigenvalue weighted by molar-refractivity contribution is -0.139. The number of carbonyl (C=O) groups is 4. The number of ketones is 1. The SMILES string of the molecule is Cc1cc(OCCCC(=O)NCCCC(=O)[C@@H](N)CS(=O)(=O)O)cc(C)c1S(=O)(=O)NC(CNC(=O)CCCCc1ccc2c(n1)CCCC2)C(=O)O. The Labute approximate surface area is 310 Å². The van der Waals surface area contributed by atoms with Gasteiger partial charge in [-0.1, -0.05) is 6.07 Å². The van der Waals surface area contributed by atoms with Gasteiger partial charge in [0.2, 0.25) is 21.8 Å². The average molecular weight is 782 g/mol. The van der Waals surface area contributed by atoms with Crippen LogP contribution in [0.4, 0.5) is 0 Å². The molecular formula is C35H51N5O11S2. The van der Waals surface area contributed by atoms with Crippen LogP contribution in [-0.2, 0) is 58.6 Å². The number of nitrogens with two attached hydrogens (primary N) is 1. The normalized spacial score (nSPS) is 14.1. The number of amides is 2. The predicted molar refractivity (Wildman–Crippen MR) is 195 cm³/mol. The van der Waals surface area contributed by atoms with Gasteiger partial charge in [-0.15, -0.1) is 0 Å². The summed E-state index contributed by atoms with van der Waals surface area (Å²) in [7, 11) is -8.69. The number of aromatic nitrogens is 1. The standard InChI is InChI=1S/C35H51N5O11S2/c1-23-19-27(51-18-8-14-32(42)37-17-7-12-31(41)28(36)22-52(46,47)48)20-24(2)34(23)53(49,50)40-30(35(44)45)21-38-33(43)13-6-4-10-26-16-15-25-9-3-5-11-29(25)39-26/h15-16,19-20,28,30,40H,3-14,17-18,21-22,36H2,1-2H3,(H,37,42)(H,38,43)(H,44,45)(H,46,47,48)/t28-,30?/m0/s1. The number of benzene rings is 1. The molecular weight excluding hydrogens is 731 g/mol. The Bertz CT molecular complexity index is 1810. The third kappa shape index (κ3) is 15.1. The van der Waals surface area contributed by atoms with Crippen molar-refractivity contribution in [2.24, 2.45) is 5.73 Å². The van der Waals surface area contributed by atoms with Gasteiger partial charge < -0.3 is 26.2 Å². The number of rotatable bonds is 23. The number of carbonyl (C=O) groups excluding carboxylic acids is 3. The van der Waals surface area contributed by atoms with E-state index >= 15 is 0 Å². The zero-order valence-electron chi connectivity index (χ0n) is 30.2. The first-order chi connectivity index (χ1) is 24.9. The summed E-state index contributed by atoms with van der Waals surface area (Å²) >= 11 is 0. The quantitative estimate of drug-likeness (QED) is 0.0694. The van der Waals surface area contributed by atoms with Crippen molar-refractivity contribution < 1.29 is 50.4 Å². The van der Waals surface area contributed by atoms with Crippen LogP contribution in [0.25, 0.3) is 0 Å². The minimum Gasteiger partial charge on any atom is -0.494 e. The van der Waals surface area contributed by atoms with Crippen molar-refractivity contribution in [3.8, 4) is 5.75 Å². The molecule has 2 atom stereocenters. The van der Waals surface area contributed by atoms with Gasteiger partial charge in [-0.2, -0.15) is 13.1 Å². The molecule has 3 rings (SSSR count). The van der Waals surface area contributed by atoms with Crippen LogP contribution in [0, 0.1) is 13.8 Å². The Morgan fingerprint density at radius 3 is 2.25 bits per heavy atom. The Kier molecular flexibility index (Phi) is 16.8. The van der Waals surface area contributed by atoms with Gasteiger partial charge in [0.05, 0.1) is 23.3 Å². The highest BCUT2D eigenvalue weighted by Gasteiger charge is 2.28. The minimum absolute atomic E-state index is 0.0667. The summed E-state index contributed by atoms with van der Waals surface area (Å²) in [5.74, 6) is -3.19. The van der Waals surface area contributed by atoms with E-state index in [-0.39, 0.29) is 55.5 Å². The first kappa shape index (κ1) is 43.4. The average Bonchev–Trinajstić information content (AvgIpc) is 3.07. The summed E-state index contributed by atoms with van der Waals surface area (Å²) < 4.78 is 65.0. The molecule has 2 aromatic rings. The molecule has 2 amide bonds. The number of fused-ring (bicyclic) bond motifs is 1. The summed E-state index contributed by atoms with van der Waals surface area (Å²) in [6.07, 6.45) is 7.17. The van der Waals surface area contributed by atoms with Gasteiger partial charge in [-0.05, 0) is 107 Å². The topological polar surface area (TPSA) is 261 Å². The molecule has 1 aromatic carbocycles. The summed E-state index contributed by atoms with van der Waals surface area (Å²) in [6, 6.07) is 4.20. The summed E-state index contributed by atoms with van der Waals surface area (Å²) in [5, 5.41) is 14.9. The molecule has 0 aliphatic heterocycles. The number of Topliss-reactive ketones (excluding diaryl/α,β-unsaturated/α-hetero) is 1. The van der Waals surface area contributed by atoms with Crippen molar-refractivity contribution in [3.05, 3.63) is 52.3 Å². The molecule has 16 nitrogen and oxygen atoms in total. The fourth-order valence-electron chi connectivity index (χ4n) is 6.01. The molecule has 0 saturated carbocycles. The van der Waals surface area contributed by atoms with Crippen LogP contribution in [0.3, 0.4) is 0 Å². The van der Waals surface area contributed by atoms with Crippen LogP contribution in [-0.4, -0.2) is 92.6 Å². The van der Waals surface area contributed by atoms with Crippen molar-refractivity contribution in [1.82, 2.24) is 20.3 Å². The number of aliphatic carboxylic acids is 1. The number of sulfonamides is 1. The number of hydrogen-bond donors (Lipinski definition) is 6. The van der Waals surface area contributed by atoms with Gasteiger partial charge in [0.15, 0.2) is 5.78 Å². The number of ether oxygens (including phenoxy) is 1. The molecule has 1 heterocycles. The van der Waals surface area contributed by atoms with Crippen molar-refractivity contribution in [2.45, 2.75) is 108 Å². The molecule has 1 aliphatic rings. The minimum atomic E-state index is -4.37. The van der Waals surface area contributed by atoms with E-state index in [2.05, 4.69) is 21.4 Å². The maximum atomic E-state index is 13.3. The van der Waals surface area contributed by atoms with E-state index in [0.717, 1.165) is 43.5 Å². The Hall–Kier alpha value is -3.97. The Morgan fingerprint density at radius 2 is 1.57 bits per heavy atom. The molecule has 7 N–H and O–H groups in total. The van der Waals surface area contributed by atoms with Crippen LogP contribution in [0.5, 0.6) is 5.75 Å². The highest BCUT2D eigenvalue weighted by Crippen LogP contribution is 2.26. The van der Waals surface area contributed by atoms with Crippen molar-refractivity contribution in [3.63, 3.8) is 0 Å². The fourth-order valence-corrected chi connectivity index (χ4v) is 8.29.